The Morgan fingerprint density at radius 1 is 0.897 bits per heavy atom. The van der Waals surface area contributed by atoms with E-state index in [-0.39, 0.29) is 27.9 Å². The zero-order chi connectivity index (χ0) is 21.6. The summed E-state index contributed by atoms with van der Waals surface area (Å²) in [6, 6.07) is 8.86. The number of hydrogen-bond acceptors (Lipinski definition) is 5. The molecule has 0 bridgehead atoms. The minimum atomic E-state index is -1.14. The highest BCUT2D eigenvalue weighted by Crippen LogP contribution is 2.36. The quantitative estimate of drug-likeness (QED) is 0.317. The molecule has 29 heavy (non-hydrogen) atoms. The summed E-state index contributed by atoms with van der Waals surface area (Å²) < 4.78 is 6.02. The van der Waals surface area contributed by atoms with E-state index in [1.807, 2.05) is 0 Å². The van der Waals surface area contributed by atoms with E-state index in [2.05, 4.69) is 25.9 Å². The van der Waals surface area contributed by atoms with Gasteiger partial charge >= 0.3 is 11.9 Å². The Labute approximate surface area is 188 Å². The highest BCUT2D eigenvalue weighted by Gasteiger charge is 2.15. The van der Waals surface area contributed by atoms with Crippen molar-refractivity contribution in [2.75, 3.05) is 0 Å². The molecule has 150 valence electrons. The van der Waals surface area contributed by atoms with E-state index in [4.69, 9.17) is 49.8 Å². The molecular weight excluding hydrogens is 510 g/mol. The van der Waals surface area contributed by atoms with Gasteiger partial charge in [0.15, 0.2) is 0 Å². The van der Waals surface area contributed by atoms with Crippen molar-refractivity contribution < 1.29 is 24.5 Å². The number of hydrogen-bond donors (Lipinski definition) is 2. The molecule has 0 atom stereocenters. The van der Waals surface area contributed by atoms with Crippen molar-refractivity contribution in [2.45, 2.75) is 0 Å². The average molecular weight is 521 g/mol. The number of rotatable bonds is 4. The van der Waals surface area contributed by atoms with Gasteiger partial charge in [-0.1, -0.05) is 34.8 Å². The number of carbonyl (C=O) groups is 2. The minimum Gasteiger partial charge on any atom is -0.478 e. The van der Waals surface area contributed by atoms with Crippen LogP contribution in [0.25, 0.3) is 0 Å². The Morgan fingerprint density at radius 3 is 2.03 bits per heavy atom. The third kappa shape index (κ3) is 6.30. The van der Waals surface area contributed by atoms with Gasteiger partial charge in [0.1, 0.15) is 16.5 Å². The molecule has 0 aliphatic rings. The van der Waals surface area contributed by atoms with E-state index in [1.165, 1.54) is 42.7 Å². The molecule has 2 heterocycles. The van der Waals surface area contributed by atoms with E-state index >= 15 is 0 Å². The van der Waals surface area contributed by atoms with Crippen molar-refractivity contribution in [1.82, 2.24) is 9.97 Å². The number of carboxylic acids is 2. The molecule has 7 nitrogen and oxygen atoms in total. The SMILES string of the molecule is O=C(O)c1cccnc1Cl.O=C(O)c1cccnc1Oc1cc(Cl)c(Br)cc1Cl. The second-order valence-corrected chi connectivity index (χ2v) is 7.13. The first-order valence-corrected chi connectivity index (χ1v) is 9.48. The van der Waals surface area contributed by atoms with Gasteiger partial charge in [-0.2, -0.15) is 0 Å². The summed E-state index contributed by atoms with van der Waals surface area (Å²) in [6.45, 7) is 0. The van der Waals surface area contributed by atoms with Crippen molar-refractivity contribution in [3.63, 3.8) is 0 Å². The Morgan fingerprint density at radius 2 is 1.48 bits per heavy atom. The monoisotopic (exact) mass is 518 g/mol. The highest BCUT2D eigenvalue weighted by molar-refractivity contribution is 9.10. The minimum absolute atomic E-state index is 0.0231. The van der Waals surface area contributed by atoms with Crippen LogP contribution >= 0.6 is 50.7 Å². The van der Waals surface area contributed by atoms with Crippen LogP contribution in [0.3, 0.4) is 0 Å². The molecule has 0 amide bonds. The van der Waals surface area contributed by atoms with Crippen molar-refractivity contribution >= 4 is 62.7 Å². The number of carboxylic acid groups (broad SMARTS) is 2. The second kappa shape index (κ2) is 10.4. The average Bonchev–Trinajstić information content (AvgIpc) is 2.67. The molecule has 3 aromatic rings. The van der Waals surface area contributed by atoms with Crippen LogP contribution in [0.1, 0.15) is 20.7 Å². The lowest BCUT2D eigenvalue weighted by Gasteiger charge is -2.09. The number of aromatic carboxylic acids is 2. The fraction of sp³-hybridized carbons (Fsp3) is 0. The molecule has 3 rings (SSSR count). The number of halogens is 4. The van der Waals surface area contributed by atoms with Gasteiger partial charge in [0.05, 0.1) is 15.6 Å². The van der Waals surface area contributed by atoms with E-state index in [1.54, 1.807) is 6.07 Å². The summed E-state index contributed by atoms with van der Waals surface area (Å²) in [4.78, 5) is 28.8. The number of benzene rings is 1. The van der Waals surface area contributed by atoms with Gasteiger partial charge < -0.3 is 14.9 Å². The van der Waals surface area contributed by atoms with Crippen LogP contribution in [-0.4, -0.2) is 32.1 Å². The summed E-state index contributed by atoms with van der Waals surface area (Å²) in [5.74, 6) is -2.01. The van der Waals surface area contributed by atoms with E-state index < -0.39 is 11.9 Å². The lowest BCUT2D eigenvalue weighted by Crippen LogP contribution is -2.01. The topological polar surface area (TPSA) is 110 Å². The molecule has 2 aromatic heterocycles. The predicted octanol–water partition coefficient (Wildman–Crippen LogP) is 6.07. The summed E-state index contributed by atoms with van der Waals surface area (Å²) in [7, 11) is 0. The molecule has 0 spiro atoms. The molecular formula is C18H10BrCl3N2O5. The smallest absolute Gasteiger partial charge is 0.341 e. The Balaban J connectivity index is 0.000000253. The van der Waals surface area contributed by atoms with Crippen LogP contribution in [0.2, 0.25) is 15.2 Å². The number of aromatic nitrogens is 2. The van der Waals surface area contributed by atoms with Gasteiger partial charge in [0.25, 0.3) is 0 Å². The van der Waals surface area contributed by atoms with Crippen LogP contribution in [0.4, 0.5) is 0 Å². The molecule has 0 unspecified atom stereocenters. The molecule has 0 saturated heterocycles. The Kier molecular flexibility index (Phi) is 8.21. The van der Waals surface area contributed by atoms with Crippen LogP contribution in [0, 0.1) is 0 Å². The van der Waals surface area contributed by atoms with Crippen LogP contribution in [-0.2, 0) is 0 Å². The largest absolute Gasteiger partial charge is 0.478 e. The number of pyridine rings is 2. The number of nitrogens with zero attached hydrogens (tertiary/aromatic N) is 2. The van der Waals surface area contributed by atoms with Gasteiger partial charge in [-0.25, -0.2) is 19.6 Å². The molecule has 1 aromatic carbocycles. The Hall–Kier alpha value is -2.39. The van der Waals surface area contributed by atoms with Gasteiger partial charge in [-0.3, -0.25) is 0 Å². The van der Waals surface area contributed by atoms with Crippen LogP contribution < -0.4 is 4.74 Å². The van der Waals surface area contributed by atoms with Gasteiger partial charge in [0, 0.05) is 22.9 Å². The van der Waals surface area contributed by atoms with Crippen molar-refractivity contribution in [2.24, 2.45) is 0 Å². The predicted molar refractivity (Wildman–Crippen MR) is 112 cm³/mol. The van der Waals surface area contributed by atoms with Gasteiger partial charge in [-0.05, 0) is 46.3 Å². The fourth-order valence-corrected chi connectivity index (χ4v) is 2.90. The fourth-order valence-electron chi connectivity index (χ4n) is 1.87. The summed E-state index contributed by atoms with van der Waals surface area (Å²) in [6.07, 6.45) is 2.87. The first-order valence-electron chi connectivity index (χ1n) is 7.55. The van der Waals surface area contributed by atoms with Gasteiger partial charge in [0.2, 0.25) is 5.88 Å². The number of ether oxygens (including phenoxy) is 1. The maximum absolute atomic E-state index is 11.0. The normalized spacial score (nSPS) is 9.93. The Bertz CT molecular complexity index is 1070. The standard InChI is InChI=1S/C12H6BrCl2NO3.C6H4ClNO2/c13-7-4-9(15)10(5-8(7)14)19-11-6(12(17)18)2-1-3-16-11;7-5-4(6(9)10)2-1-3-8-5/h1-5H,(H,17,18);1-3H,(H,9,10). The third-order valence-electron chi connectivity index (χ3n) is 3.17. The first kappa shape index (κ1) is 22.9. The van der Waals surface area contributed by atoms with Crippen molar-refractivity contribution in [1.29, 1.82) is 0 Å². The van der Waals surface area contributed by atoms with Crippen molar-refractivity contribution in [3.8, 4) is 11.6 Å². The van der Waals surface area contributed by atoms with E-state index in [0.29, 0.717) is 14.5 Å². The molecule has 2 N–H and O–H groups in total. The summed E-state index contributed by atoms with van der Waals surface area (Å²) in [5.41, 5.74) is -0.0261. The first-order chi connectivity index (χ1) is 13.7. The van der Waals surface area contributed by atoms with E-state index in [9.17, 15) is 9.59 Å². The maximum atomic E-state index is 11.0. The highest BCUT2D eigenvalue weighted by atomic mass is 79.9. The summed E-state index contributed by atoms with van der Waals surface area (Å²) >= 11 is 20.6. The molecule has 0 radical (unpaired) electrons. The zero-order valence-corrected chi connectivity index (χ0v) is 18.0. The van der Waals surface area contributed by atoms with Crippen LogP contribution in [0.15, 0.2) is 53.3 Å². The molecule has 0 saturated carbocycles. The molecule has 0 aliphatic heterocycles. The lowest BCUT2D eigenvalue weighted by atomic mass is 10.3. The molecule has 0 fully saturated rings. The van der Waals surface area contributed by atoms with E-state index in [0.717, 1.165) is 0 Å². The lowest BCUT2D eigenvalue weighted by molar-refractivity contribution is 0.0683. The summed E-state index contributed by atoms with van der Waals surface area (Å²) in [5, 5.41) is 18.2. The molecule has 11 heteroatoms. The zero-order valence-electron chi connectivity index (χ0n) is 14.1. The van der Waals surface area contributed by atoms with Crippen molar-refractivity contribution in [3.05, 3.63) is 79.6 Å². The second-order valence-electron chi connectivity index (χ2n) is 5.11. The van der Waals surface area contributed by atoms with Gasteiger partial charge in [-0.15, -0.1) is 0 Å². The molecule has 0 aliphatic carbocycles. The third-order valence-corrected chi connectivity index (χ3v) is 4.97. The maximum Gasteiger partial charge on any atom is 0.341 e. The van der Waals surface area contributed by atoms with Crippen LogP contribution in [0.5, 0.6) is 11.6 Å².